The van der Waals surface area contributed by atoms with Gasteiger partial charge in [-0.05, 0) is 32.0 Å². The van der Waals surface area contributed by atoms with Gasteiger partial charge in [0.2, 0.25) is 0 Å². The molecule has 2 aliphatic rings. The van der Waals surface area contributed by atoms with Gasteiger partial charge in [-0.25, -0.2) is 0 Å². The molecule has 0 saturated carbocycles. The maximum atomic E-state index is 4.56. The van der Waals surface area contributed by atoms with Gasteiger partial charge in [-0.15, -0.1) is 0 Å². The Labute approximate surface area is 107 Å². The van der Waals surface area contributed by atoms with E-state index in [1.54, 1.807) is 0 Å². The van der Waals surface area contributed by atoms with E-state index in [2.05, 4.69) is 39.3 Å². The van der Waals surface area contributed by atoms with Crippen molar-refractivity contribution >= 4 is 17.0 Å². The number of nitrogens with one attached hydrogen (secondary N) is 1. The highest BCUT2D eigenvalue weighted by Crippen LogP contribution is 2.31. The predicted molar refractivity (Wildman–Crippen MR) is 73.6 cm³/mol. The van der Waals surface area contributed by atoms with E-state index in [1.165, 1.54) is 35.0 Å². The quantitative estimate of drug-likeness (QED) is 0.828. The molecule has 2 aromatic rings. The number of hydrogen-bond acceptors (Lipinski definition) is 2. The largest absolute Gasteiger partial charge is 0.344 e. The lowest BCUT2D eigenvalue weighted by molar-refractivity contribution is 0.376. The fraction of sp³-hybridized carbons (Fsp3) is 0.400. The lowest BCUT2D eigenvalue weighted by Crippen LogP contribution is -2.29. The number of rotatable bonds is 1. The highest BCUT2D eigenvalue weighted by molar-refractivity contribution is 5.90. The Balaban J connectivity index is 1.90. The highest BCUT2D eigenvalue weighted by Gasteiger charge is 2.20. The van der Waals surface area contributed by atoms with Crippen molar-refractivity contribution in [3.63, 3.8) is 0 Å². The Kier molecular flexibility index (Phi) is 2.27. The summed E-state index contributed by atoms with van der Waals surface area (Å²) in [5.41, 5.74) is 3.97. The molecule has 92 valence electrons. The molecule has 1 fully saturated rings. The topological polar surface area (TPSA) is 29.9 Å². The first-order valence-electron chi connectivity index (χ1n) is 6.79. The number of aromatic nitrogens is 2. The Morgan fingerprint density at radius 2 is 2.17 bits per heavy atom. The first-order chi connectivity index (χ1) is 8.93. The third-order valence-electron chi connectivity index (χ3n) is 4.17. The molecule has 3 heterocycles. The molecule has 4 rings (SSSR count). The SMILES string of the molecule is C1=Cc2c(ncc3ccn(C4CCNCC4)c23)C1. The van der Waals surface area contributed by atoms with Crippen LogP contribution in [0.2, 0.25) is 0 Å². The molecule has 2 aromatic heterocycles. The maximum absolute atomic E-state index is 4.56. The molecule has 0 unspecified atom stereocenters. The smallest absolute Gasteiger partial charge is 0.0590 e. The molecule has 0 radical (unpaired) electrons. The van der Waals surface area contributed by atoms with E-state index in [1.807, 2.05) is 6.20 Å². The zero-order valence-electron chi connectivity index (χ0n) is 10.4. The predicted octanol–water partition coefficient (Wildman–Crippen LogP) is 2.53. The minimum atomic E-state index is 0.643. The molecular formula is C15H17N3. The van der Waals surface area contributed by atoms with Crippen LogP contribution in [0, 0.1) is 0 Å². The standard InChI is InChI=1S/C15H17N3/c1-2-13-14(3-1)17-10-11-6-9-18(15(11)13)12-4-7-16-8-5-12/h1-2,6,9-10,12,16H,3-5,7-8H2. The molecular weight excluding hydrogens is 222 g/mol. The number of allylic oxidation sites excluding steroid dienone is 1. The molecule has 1 saturated heterocycles. The molecule has 18 heavy (non-hydrogen) atoms. The van der Waals surface area contributed by atoms with Crippen molar-refractivity contribution in [2.45, 2.75) is 25.3 Å². The second kappa shape index (κ2) is 3.95. The van der Waals surface area contributed by atoms with Gasteiger partial charge in [-0.2, -0.15) is 0 Å². The van der Waals surface area contributed by atoms with E-state index >= 15 is 0 Å². The van der Waals surface area contributed by atoms with Crippen molar-refractivity contribution in [1.29, 1.82) is 0 Å². The third kappa shape index (κ3) is 1.44. The van der Waals surface area contributed by atoms with E-state index in [0.29, 0.717) is 6.04 Å². The van der Waals surface area contributed by atoms with Crippen LogP contribution in [0.4, 0.5) is 0 Å². The first-order valence-corrected chi connectivity index (χ1v) is 6.79. The molecule has 1 aliphatic heterocycles. The van der Waals surface area contributed by atoms with Gasteiger partial charge in [0, 0.05) is 35.8 Å². The van der Waals surface area contributed by atoms with Gasteiger partial charge < -0.3 is 9.88 Å². The van der Waals surface area contributed by atoms with Gasteiger partial charge in [-0.3, -0.25) is 4.98 Å². The molecule has 0 spiro atoms. The average Bonchev–Trinajstić information content (AvgIpc) is 3.05. The fourth-order valence-corrected chi connectivity index (χ4v) is 3.23. The minimum Gasteiger partial charge on any atom is -0.344 e. The Hall–Kier alpha value is -1.61. The highest BCUT2D eigenvalue weighted by atomic mass is 15.0. The number of hydrogen-bond donors (Lipinski definition) is 1. The summed E-state index contributed by atoms with van der Waals surface area (Å²) in [5, 5.41) is 4.71. The van der Waals surface area contributed by atoms with Gasteiger partial charge in [0.1, 0.15) is 0 Å². The Morgan fingerprint density at radius 1 is 1.28 bits per heavy atom. The van der Waals surface area contributed by atoms with Crippen molar-refractivity contribution in [2.75, 3.05) is 13.1 Å². The number of nitrogens with zero attached hydrogens (tertiary/aromatic N) is 2. The second-order valence-electron chi connectivity index (χ2n) is 5.23. The van der Waals surface area contributed by atoms with Crippen LogP contribution in [0.5, 0.6) is 0 Å². The van der Waals surface area contributed by atoms with Crippen molar-refractivity contribution in [3.8, 4) is 0 Å². The summed E-state index contributed by atoms with van der Waals surface area (Å²) >= 11 is 0. The summed E-state index contributed by atoms with van der Waals surface area (Å²) in [4.78, 5) is 4.56. The van der Waals surface area contributed by atoms with Crippen molar-refractivity contribution < 1.29 is 0 Å². The summed E-state index contributed by atoms with van der Waals surface area (Å²) < 4.78 is 2.48. The van der Waals surface area contributed by atoms with E-state index in [-0.39, 0.29) is 0 Å². The van der Waals surface area contributed by atoms with Gasteiger partial charge >= 0.3 is 0 Å². The first kappa shape index (κ1) is 10.3. The normalized spacial score (nSPS) is 19.6. The summed E-state index contributed by atoms with van der Waals surface area (Å²) in [7, 11) is 0. The van der Waals surface area contributed by atoms with Gasteiger partial charge in [0.15, 0.2) is 0 Å². The van der Waals surface area contributed by atoms with Crippen LogP contribution in [0.1, 0.15) is 30.1 Å². The molecule has 3 nitrogen and oxygen atoms in total. The van der Waals surface area contributed by atoms with E-state index in [9.17, 15) is 0 Å². The lowest BCUT2D eigenvalue weighted by atomic mass is 10.1. The zero-order valence-corrected chi connectivity index (χ0v) is 10.4. The number of piperidine rings is 1. The van der Waals surface area contributed by atoms with E-state index in [0.717, 1.165) is 19.5 Å². The number of fused-ring (bicyclic) bond motifs is 3. The monoisotopic (exact) mass is 239 g/mol. The lowest BCUT2D eigenvalue weighted by Gasteiger charge is -2.25. The molecule has 0 amide bonds. The molecule has 1 N–H and O–H groups in total. The van der Waals surface area contributed by atoms with Crippen LogP contribution < -0.4 is 5.32 Å². The van der Waals surface area contributed by atoms with Crippen LogP contribution >= 0.6 is 0 Å². The number of pyridine rings is 1. The summed E-state index contributed by atoms with van der Waals surface area (Å²) in [6.07, 6.45) is 12.2. The van der Waals surface area contributed by atoms with E-state index in [4.69, 9.17) is 0 Å². The van der Waals surface area contributed by atoms with Gasteiger partial charge in [-0.1, -0.05) is 12.2 Å². The van der Waals surface area contributed by atoms with Crippen LogP contribution in [-0.2, 0) is 6.42 Å². The van der Waals surface area contributed by atoms with Crippen LogP contribution in [-0.4, -0.2) is 22.6 Å². The van der Waals surface area contributed by atoms with Gasteiger partial charge in [0.05, 0.1) is 11.2 Å². The summed E-state index contributed by atoms with van der Waals surface area (Å²) in [6, 6.07) is 2.85. The van der Waals surface area contributed by atoms with Crippen LogP contribution in [0.25, 0.3) is 17.0 Å². The van der Waals surface area contributed by atoms with Crippen LogP contribution in [0.3, 0.4) is 0 Å². The Morgan fingerprint density at radius 3 is 3.06 bits per heavy atom. The minimum absolute atomic E-state index is 0.643. The maximum Gasteiger partial charge on any atom is 0.0590 e. The van der Waals surface area contributed by atoms with Crippen molar-refractivity contribution in [2.24, 2.45) is 0 Å². The summed E-state index contributed by atoms with van der Waals surface area (Å²) in [5.74, 6) is 0. The van der Waals surface area contributed by atoms with Crippen molar-refractivity contribution in [3.05, 3.63) is 35.8 Å². The van der Waals surface area contributed by atoms with E-state index < -0.39 is 0 Å². The fourth-order valence-electron chi connectivity index (χ4n) is 3.23. The zero-order chi connectivity index (χ0) is 11.9. The summed E-state index contributed by atoms with van der Waals surface area (Å²) in [6.45, 7) is 2.26. The molecule has 0 aromatic carbocycles. The molecule has 1 aliphatic carbocycles. The molecule has 3 heteroatoms. The Bertz CT molecular complexity index is 618. The average molecular weight is 239 g/mol. The molecule has 0 bridgehead atoms. The third-order valence-corrected chi connectivity index (χ3v) is 4.17. The van der Waals surface area contributed by atoms with Gasteiger partial charge in [0.25, 0.3) is 0 Å². The molecule has 0 atom stereocenters. The second-order valence-corrected chi connectivity index (χ2v) is 5.23. The van der Waals surface area contributed by atoms with Crippen molar-refractivity contribution in [1.82, 2.24) is 14.9 Å². The van der Waals surface area contributed by atoms with Crippen LogP contribution in [0.15, 0.2) is 24.5 Å².